The first-order chi connectivity index (χ1) is 8.49. The van der Waals surface area contributed by atoms with Crippen LogP contribution in [0.3, 0.4) is 0 Å². The van der Waals surface area contributed by atoms with Crippen molar-refractivity contribution in [1.29, 1.82) is 0 Å². The van der Waals surface area contributed by atoms with Crippen molar-refractivity contribution in [2.45, 2.75) is 19.4 Å². The van der Waals surface area contributed by atoms with Gasteiger partial charge in [0.1, 0.15) is 0 Å². The molecule has 1 atom stereocenters. The predicted molar refractivity (Wildman–Crippen MR) is 76.8 cm³/mol. The maximum Gasteiger partial charge on any atom is 0.253 e. The Hall–Kier alpha value is -1.08. The van der Waals surface area contributed by atoms with Crippen molar-refractivity contribution in [1.82, 2.24) is 5.32 Å². The van der Waals surface area contributed by atoms with Gasteiger partial charge >= 0.3 is 0 Å². The number of benzene rings is 1. The number of nitrogens with one attached hydrogen (secondary N) is 1. The fourth-order valence-electron chi connectivity index (χ4n) is 1.36. The first-order valence-electron chi connectivity index (χ1n) is 5.23. The Morgan fingerprint density at radius 3 is 2.72 bits per heavy atom. The Kier molecular flexibility index (Phi) is 5.61. The molecule has 1 rings (SSSR count). The number of nitrogens with two attached hydrogens (primary N) is 1. The zero-order chi connectivity index (χ0) is 13.7. The van der Waals surface area contributed by atoms with Crippen molar-refractivity contribution < 1.29 is 10.0 Å². The van der Waals surface area contributed by atoms with Gasteiger partial charge in [-0.05, 0) is 40.5 Å². The zero-order valence-electron chi connectivity index (χ0n) is 9.65. The summed E-state index contributed by atoms with van der Waals surface area (Å²) < 4.78 is 1.54. The van der Waals surface area contributed by atoms with E-state index in [1.54, 1.807) is 18.2 Å². The van der Waals surface area contributed by atoms with Crippen LogP contribution >= 0.6 is 31.9 Å². The summed E-state index contributed by atoms with van der Waals surface area (Å²) in [6.45, 7) is 1.83. The van der Waals surface area contributed by atoms with Gasteiger partial charge in [-0.2, -0.15) is 0 Å². The second-order valence-corrected chi connectivity index (χ2v) is 5.35. The molecular formula is C11H13Br2N3O2. The molecule has 1 aromatic carbocycles. The molecule has 18 heavy (non-hydrogen) atoms. The highest BCUT2D eigenvalue weighted by Crippen LogP contribution is 2.21. The highest BCUT2D eigenvalue weighted by atomic mass is 79.9. The van der Waals surface area contributed by atoms with E-state index < -0.39 is 6.04 Å². The molecule has 0 aliphatic carbocycles. The Balaban J connectivity index is 2.88. The average molecular weight is 379 g/mol. The van der Waals surface area contributed by atoms with Crippen molar-refractivity contribution in [3.8, 4) is 0 Å². The number of hydrogen-bond acceptors (Lipinski definition) is 3. The summed E-state index contributed by atoms with van der Waals surface area (Å²) in [4.78, 5) is 12.0. The maximum absolute atomic E-state index is 12.0. The number of rotatable bonds is 4. The quantitative estimate of drug-likeness (QED) is 0.325. The zero-order valence-corrected chi connectivity index (χ0v) is 12.8. The normalized spacial score (nSPS) is 13.2. The van der Waals surface area contributed by atoms with E-state index in [9.17, 15) is 4.79 Å². The number of amidine groups is 1. The van der Waals surface area contributed by atoms with Gasteiger partial charge in [0.2, 0.25) is 0 Å². The van der Waals surface area contributed by atoms with E-state index in [4.69, 9.17) is 10.9 Å². The third-order valence-corrected chi connectivity index (χ3v) is 3.51. The number of oxime groups is 1. The fraction of sp³-hybridized carbons (Fsp3) is 0.273. The average Bonchev–Trinajstić information content (AvgIpc) is 2.34. The molecule has 5 nitrogen and oxygen atoms in total. The number of amides is 1. The summed E-state index contributed by atoms with van der Waals surface area (Å²) in [5.74, 6) is -0.299. The molecule has 0 saturated carbocycles. The minimum Gasteiger partial charge on any atom is -0.409 e. The topological polar surface area (TPSA) is 87.7 Å². The van der Waals surface area contributed by atoms with E-state index in [0.29, 0.717) is 16.5 Å². The lowest BCUT2D eigenvalue weighted by atomic mass is 10.1. The van der Waals surface area contributed by atoms with Gasteiger partial charge in [-0.1, -0.05) is 28.0 Å². The Morgan fingerprint density at radius 2 is 2.22 bits per heavy atom. The lowest BCUT2D eigenvalue weighted by Gasteiger charge is -2.15. The molecule has 0 aliphatic rings. The summed E-state index contributed by atoms with van der Waals surface area (Å²) in [5.41, 5.74) is 5.97. The first-order valence-corrected chi connectivity index (χ1v) is 6.81. The summed E-state index contributed by atoms with van der Waals surface area (Å²) >= 11 is 6.62. The lowest BCUT2D eigenvalue weighted by molar-refractivity contribution is 0.0945. The molecular weight excluding hydrogens is 366 g/mol. The molecule has 0 saturated heterocycles. The van der Waals surface area contributed by atoms with Crippen LogP contribution in [0, 0.1) is 0 Å². The third kappa shape index (κ3) is 3.71. The van der Waals surface area contributed by atoms with Crippen molar-refractivity contribution in [3.05, 3.63) is 32.7 Å². The van der Waals surface area contributed by atoms with Gasteiger partial charge in [-0.3, -0.25) is 4.79 Å². The molecule has 0 aromatic heterocycles. The van der Waals surface area contributed by atoms with Gasteiger partial charge < -0.3 is 16.3 Å². The molecule has 0 fully saturated rings. The first kappa shape index (κ1) is 15.0. The van der Waals surface area contributed by atoms with Crippen LogP contribution in [-0.4, -0.2) is 23.0 Å². The monoisotopic (exact) mass is 377 g/mol. The summed E-state index contributed by atoms with van der Waals surface area (Å²) in [6, 6.07) is 4.74. The minimum absolute atomic E-state index is 0.0147. The van der Waals surface area contributed by atoms with Crippen LogP contribution in [0.25, 0.3) is 0 Å². The Bertz CT molecular complexity index is 477. The lowest BCUT2D eigenvalue weighted by Crippen LogP contribution is -2.44. The molecule has 0 aliphatic heterocycles. The molecule has 0 radical (unpaired) electrons. The van der Waals surface area contributed by atoms with Crippen LogP contribution in [0.2, 0.25) is 0 Å². The summed E-state index contributed by atoms with van der Waals surface area (Å²) in [7, 11) is 0. The Labute approximate surface area is 122 Å². The fourth-order valence-corrected chi connectivity index (χ4v) is 2.59. The number of carbonyl (C=O) groups is 1. The largest absolute Gasteiger partial charge is 0.409 e. The van der Waals surface area contributed by atoms with E-state index >= 15 is 0 Å². The second kappa shape index (κ2) is 6.75. The van der Waals surface area contributed by atoms with E-state index in [-0.39, 0.29) is 11.7 Å². The van der Waals surface area contributed by atoms with Gasteiger partial charge in [0.25, 0.3) is 5.91 Å². The minimum atomic E-state index is -0.488. The van der Waals surface area contributed by atoms with Crippen LogP contribution in [0.1, 0.15) is 23.7 Å². The number of carbonyl (C=O) groups excluding carboxylic acids is 1. The van der Waals surface area contributed by atoms with Gasteiger partial charge in [0, 0.05) is 8.95 Å². The molecule has 1 aromatic rings. The SMILES string of the molecule is CCC(NC(=O)c1ccc(Br)cc1Br)/C(N)=N/O. The van der Waals surface area contributed by atoms with Gasteiger partial charge in [-0.15, -0.1) is 0 Å². The van der Waals surface area contributed by atoms with E-state index in [2.05, 4.69) is 42.3 Å². The summed E-state index contributed by atoms with van der Waals surface area (Å²) in [6.07, 6.45) is 0.537. The smallest absolute Gasteiger partial charge is 0.253 e. The number of nitrogens with zero attached hydrogens (tertiary/aromatic N) is 1. The molecule has 0 heterocycles. The van der Waals surface area contributed by atoms with Crippen molar-refractivity contribution in [3.63, 3.8) is 0 Å². The molecule has 7 heteroatoms. The van der Waals surface area contributed by atoms with Gasteiger partial charge in [-0.25, -0.2) is 0 Å². The van der Waals surface area contributed by atoms with E-state index in [1.807, 2.05) is 6.92 Å². The highest BCUT2D eigenvalue weighted by Gasteiger charge is 2.17. The van der Waals surface area contributed by atoms with Crippen LogP contribution < -0.4 is 11.1 Å². The van der Waals surface area contributed by atoms with Gasteiger partial charge in [0.15, 0.2) is 5.84 Å². The number of halogens is 2. The molecule has 4 N–H and O–H groups in total. The molecule has 1 amide bonds. The molecule has 0 spiro atoms. The third-order valence-electron chi connectivity index (χ3n) is 2.36. The van der Waals surface area contributed by atoms with Crippen molar-refractivity contribution >= 4 is 43.6 Å². The van der Waals surface area contributed by atoms with E-state index in [1.165, 1.54) is 0 Å². The highest BCUT2D eigenvalue weighted by molar-refractivity contribution is 9.11. The Morgan fingerprint density at radius 1 is 1.56 bits per heavy atom. The molecule has 0 bridgehead atoms. The summed E-state index contributed by atoms with van der Waals surface area (Å²) in [5, 5.41) is 14.2. The standard InChI is InChI=1S/C11H13Br2N3O2/c1-2-9(10(14)16-18)15-11(17)7-4-3-6(12)5-8(7)13/h3-5,9,18H,2H2,1H3,(H2,14,16)(H,15,17). The maximum atomic E-state index is 12.0. The van der Waals surface area contributed by atoms with E-state index in [0.717, 1.165) is 4.47 Å². The van der Waals surface area contributed by atoms with Crippen LogP contribution in [0.5, 0.6) is 0 Å². The molecule has 98 valence electrons. The predicted octanol–water partition coefficient (Wildman–Crippen LogP) is 2.47. The van der Waals surface area contributed by atoms with Crippen molar-refractivity contribution in [2.24, 2.45) is 10.9 Å². The van der Waals surface area contributed by atoms with Crippen LogP contribution in [-0.2, 0) is 0 Å². The van der Waals surface area contributed by atoms with Gasteiger partial charge in [0.05, 0.1) is 11.6 Å². The molecule has 1 unspecified atom stereocenters. The number of hydrogen-bond donors (Lipinski definition) is 3. The van der Waals surface area contributed by atoms with Crippen LogP contribution in [0.4, 0.5) is 0 Å². The second-order valence-electron chi connectivity index (χ2n) is 3.58. The van der Waals surface area contributed by atoms with Crippen LogP contribution in [0.15, 0.2) is 32.3 Å². The van der Waals surface area contributed by atoms with Crippen molar-refractivity contribution in [2.75, 3.05) is 0 Å².